The first-order chi connectivity index (χ1) is 6.18. The van der Waals surface area contributed by atoms with E-state index in [9.17, 15) is 4.79 Å². The highest BCUT2D eigenvalue weighted by atomic mass is 16.5. The number of ether oxygens (including phenoxy) is 1. The number of carbonyl (C=O) groups is 1. The molecular formula is C8H22O5. The van der Waals surface area contributed by atoms with Crippen molar-refractivity contribution < 1.29 is 24.9 Å². The average molecular weight is 198 g/mol. The number of aliphatic hydroxyl groups is 3. The normalized spacial score (nSPS) is 5.85. The molecule has 0 unspecified atom stereocenters. The van der Waals surface area contributed by atoms with Crippen LogP contribution in [-0.2, 0) is 9.53 Å². The van der Waals surface area contributed by atoms with E-state index < -0.39 is 0 Å². The second-order valence-electron chi connectivity index (χ2n) is 1.24. The molecule has 84 valence electrons. The zero-order valence-electron chi connectivity index (χ0n) is 9.07. The molecule has 0 aromatic heterocycles. The molecule has 0 heterocycles. The smallest absolute Gasteiger partial charge is 0.302 e. The SMILES string of the molecule is CCO.CCOC(C)=O.CO.CO. The summed E-state index contributed by atoms with van der Waals surface area (Å²) >= 11 is 0. The van der Waals surface area contributed by atoms with Gasteiger partial charge in [-0.3, -0.25) is 4.79 Å². The quantitative estimate of drug-likeness (QED) is 0.507. The summed E-state index contributed by atoms with van der Waals surface area (Å²) in [5.74, 6) is -0.211. The van der Waals surface area contributed by atoms with E-state index in [4.69, 9.17) is 15.3 Å². The van der Waals surface area contributed by atoms with Gasteiger partial charge in [0.05, 0.1) is 6.61 Å². The molecule has 0 saturated carbocycles. The van der Waals surface area contributed by atoms with Crippen molar-refractivity contribution >= 4 is 5.97 Å². The van der Waals surface area contributed by atoms with Crippen LogP contribution in [0.4, 0.5) is 0 Å². The molecule has 0 aliphatic rings. The summed E-state index contributed by atoms with van der Waals surface area (Å²) in [4.78, 5) is 9.82. The molecule has 5 heteroatoms. The topological polar surface area (TPSA) is 87.0 Å². The fraction of sp³-hybridized carbons (Fsp3) is 0.875. The van der Waals surface area contributed by atoms with Crippen LogP contribution in [0.15, 0.2) is 0 Å². The Morgan fingerprint density at radius 1 is 1.15 bits per heavy atom. The van der Waals surface area contributed by atoms with E-state index in [1.54, 1.807) is 13.8 Å². The Balaban J connectivity index is -0.0000000493. The third-order valence-corrected chi connectivity index (χ3v) is 0.348. The van der Waals surface area contributed by atoms with Gasteiger partial charge in [-0.25, -0.2) is 0 Å². The second-order valence-corrected chi connectivity index (χ2v) is 1.24. The summed E-state index contributed by atoms with van der Waals surface area (Å²) in [5, 5.41) is 21.6. The highest BCUT2D eigenvalue weighted by Gasteiger charge is 1.81. The van der Waals surface area contributed by atoms with Crippen molar-refractivity contribution in [3.05, 3.63) is 0 Å². The lowest BCUT2D eigenvalue weighted by molar-refractivity contribution is -0.140. The Labute approximate surface area is 80.0 Å². The molecule has 3 N–H and O–H groups in total. The van der Waals surface area contributed by atoms with E-state index in [0.717, 1.165) is 14.2 Å². The summed E-state index contributed by atoms with van der Waals surface area (Å²) < 4.78 is 4.40. The number of hydrogen-bond donors (Lipinski definition) is 3. The van der Waals surface area contributed by atoms with Gasteiger partial charge in [-0.1, -0.05) is 0 Å². The molecule has 13 heavy (non-hydrogen) atoms. The van der Waals surface area contributed by atoms with Gasteiger partial charge in [0.15, 0.2) is 0 Å². The zero-order valence-corrected chi connectivity index (χ0v) is 9.07. The molecule has 0 bridgehead atoms. The standard InChI is InChI=1S/C4H8O2.C2H6O.2CH4O/c1-3-6-4(2)5;1-2-3;2*1-2/h3H2,1-2H3;3H,2H2,1H3;2*2H,1H3. The van der Waals surface area contributed by atoms with Crippen LogP contribution in [-0.4, -0.2) is 48.7 Å². The van der Waals surface area contributed by atoms with Crippen molar-refractivity contribution in [2.24, 2.45) is 0 Å². The number of aliphatic hydroxyl groups excluding tert-OH is 3. The molecular weight excluding hydrogens is 176 g/mol. The van der Waals surface area contributed by atoms with Gasteiger partial charge >= 0.3 is 5.97 Å². The Kier molecular flexibility index (Phi) is 74.6. The van der Waals surface area contributed by atoms with E-state index in [1.165, 1.54) is 6.92 Å². The van der Waals surface area contributed by atoms with E-state index >= 15 is 0 Å². The summed E-state index contributed by atoms with van der Waals surface area (Å²) in [5.41, 5.74) is 0. The summed E-state index contributed by atoms with van der Waals surface area (Å²) in [6, 6.07) is 0. The first-order valence-corrected chi connectivity index (χ1v) is 3.82. The Morgan fingerprint density at radius 3 is 1.38 bits per heavy atom. The van der Waals surface area contributed by atoms with Gasteiger partial charge in [0.25, 0.3) is 0 Å². The van der Waals surface area contributed by atoms with Crippen LogP contribution in [0, 0.1) is 0 Å². The molecule has 0 radical (unpaired) electrons. The molecule has 0 aliphatic carbocycles. The predicted molar refractivity (Wildman–Crippen MR) is 51.4 cm³/mol. The summed E-state index contributed by atoms with van der Waals surface area (Å²) in [6.07, 6.45) is 0. The molecule has 0 aromatic carbocycles. The van der Waals surface area contributed by atoms with Gasteiger partial charge in [-0.05, 0) is 13.8 Å². The Bertz CT molecular complexity index is 65.6. The Hall–Kier alpha value is -0.650. The van der Waals surface area contributed by atoms with Crippen molar-refractivity contribution in [2.45, 2.75) is 20.8 Å². The van der Waals surface area contributed by atoms with Gasteiger partial charge in [-0.15, -0.1) is 0 Å². The van der Waals surface area contributed by atoms with E-state index in [-0.39, 0.29) is 12.6 Å². The molecule has 0 atom stereocenters. The van der Waals surface area contributed by atoms with Crippen LogP contribution in [0.25, 0.3) is 0 Å². The van der Waals surface area contributed by atoms with Crippen LogP contribution in [0.3, 0.4) is 0 Å². The lowest BCUT2D eigenvalue weighted by atomic mass is 10.8. The van der Waals surface area contributed by atoms with E-state index in [2.05, 4.69) is 4.74 Å². The maximum Gasteiger partial charge on any atom is 0.302 e. The Morgan fingerprint density at radius 2 is 1.38 bits per heavy atom. The van der Waals surface area contributed by atoms with Crippen LogP contribution in [0.2, 0.25) is 0 Å². The fourth-order valence-electron chi connectivity index (χ4n) is 0.203. The minimum Gasteiger partial charge on any atom is -0.466 e. The maximum atomic E-state index is 9.82. The highest BCUT2D eigenvalue weighted by Crippen LogP contribution is 1.69. The second kappa shape index (κ2) is 42.5. The maximum absolute atomic E-state index is 9.82. The van der Waals surface area contributed by atoms with Gasteiger partial charge in [0, 0.05) is 27.8 Å². The summed E-state index contributed by atoms with van der Waals surface area (Å²) in [6.45, 7) is 5.58. The third-order valence-electron chi connectivity index (χ3n) is 0.348. The van der Waals surface area contributed by atoms with Crippen molar-refractivity contribution in [1.82, 2.24) is 0 Å². The minimum absolute atomic E-state index is 0.211. The van der Waals surface area contributed by atoms with Crippen LogP contribution in [0.5, 0.6) is 0 Å². The minimum atomic E-state index is -0.211. The third kappa shape index (κ3) is 180. The van der Waals surface area contributed by atoms with Crippen molar-refractivity contribution in [3.8, 4) is 0 Å². The lowest BCUT2D eigenvalue weighted by Gasteiger charge is -1.89. The van der Waals surface area contributed by atoms with Gasteiger partial charge in [-0.2, -0.15) is 0 Å². The lowest BCUT2D eigenvalue weighted by Crippen LogP contribution is -1.95. The number of hydrogen-bond acceptors (Lipinski definition) is 5. The average Bonchev–Trinajstić information content (AvgIpc) is 2.12. The van der Waals surface area contributed by atoms with E-state index in [0.29, 0.717) is 6.61 Å². The van der Waals surface area contributed by atoms with Crippen molar-refractivity contribution in [3.63, 3.8) is 0 Å². The predicted octanol–water partition coefficient (Wildman–Crippen LogP) is -0.215. The molecule has 0 amide bonds. The van der Waals surface area contributed by atoms with Crippen LogP contribution >= 0.6 is 0 Å². The van der Waals surface area contributed by atoms with E-state index in [1.807, 2.05) is 0 Å². The zero-order chi connectivity index (χ0) is 11.7. The largest absolute Gasteiger partial charge is 0.466 e. The molecule has 5 nitrogen and oxygen atoms in total. The van der Waals surface area contributed by atoms with Crippen LogP contribution < -0.4 is 0 Å². The van der Waals surface area contributed by atoms with Crippen molar-refractivity contribution in [1.29, 1.82) is 0 Å². The monoisotopic (exact) mass is 198 g/mol. The molecule has 0 saturated heterocycles. The first kappa shape index (κ1) is 22.8. The number of esters is 1. The number of rotatable bonds is 1. The van der Waals surface area contributed by atoms with Gasteiger partial charge in [0.2, 0.25) is 0 Å². The fourth-order valence-corrected chi connectivity index (χ4v) is 0.203. The molecule has 0 rings (SSSR count). The molecule has 0 fully saturated rings. The van der Waals surface area contributed by atoms with Crippen molar-refractivity contribution in [2.75, 3.05) is 27.4 Å². The number of carbonyl (C=O) groups excluding carboxylic acids is 1. The van der Waals surface area contributed by atoms with Crippen LogP contribution in [0.1, 0.15) is 20.8 Å². The van der Waals surface area contributed by atoms with Gasteiger partial charge < -0.3 is 20.1 Å². The molecule has 0 aliphatic heterocycles. The van der Waals surface area contributed by atoms with Gasteiger partial charge in [0.1, 0.15) is 0 Å². The highest BCUT2D eigenvalue weighted by molar-refractivity contribution is 5.65. The molecule has 0 spiro atoms. The molecule has 0 aromatic rings. The summed E-state index contributed by atoms with van der Waals surface area (Å²) in [7, 11) is 2.00. The first-order valence-electron chi connectivity index (χ1n) is 3.82.